The third kappa shape index (κ3) is 3.29. The number of benzene rings is 2. The van der Waals surface area contributed by atoms with Gasteiger partial charge in [-0.3, -0.25) is 9.59 Å². The van der Waals surface area contributed by atoms with E-state index < -0.39 is 5.92 Å². The number of nitrogens with zero attached hydrogens (tertiary/aromatic N) is 1. The summed E-state index contributed by atoms with van der Waals surface area (Å²) in [7, 11) is 0. The SMILES string of the molecule is Cc1ccc(NC(=O)C2CCN(c3c(C)cccc3C)C2=O)cc1C. The molecule has 1 unspecified atom stereocenters. The summed E-state index contributed by atoms with van der Waals surface area (Å²) in [5, 5.41) is 2.90. The molecule has 1 fully saturated rings. The van der Waals surface area contributed by atoms with Gasteiger partial charge in [0.05, 0.1) is 0 Å². The van der Waals surface area contributed by atoms with Gasteiger partial charge in [-0.05, 0) is 68.5 Å². The van der Waals surface area contributed by atoms with Gasteiger partial charge in [-0.1, -0.05) is 24.3 Å². The molecule has 4 nitrogen and oxygen atoms in total. The number of amides is 2. The van der Waals surface area contributed by atoms with Gasteiger partial charge in [0.15, 0.2) is 0 Å². The van der Waals surface area contributed by atoms with Crippen molar-refractivity contribution < 1.29 is 9.59 Å². The molecule has 0 saturated carbocycles. The average molecular weight is 336 g/mol. The molecule has 25 heavy (non-hydrogen) atoms. The highest BCUT2D eigenvalue weighted by atomic mass is 16.2. The monoisotopic (exact) mass is 336 g/mol. The summed E-state index contributed by atoms with van der Waals surface area (Å²) in [5.41, 5.74) is 6.09. The molecule has 2 aromatic rings. The lowest BCUT2D eigenvalue weighted by Gasteiger charge is -2.21. The van der Waals surface area contributed by atoms with E-state index in [9.17, 15) is 9.59 Å². The van der Waals surface area contributed by atoms with Crippen LogP contribution >= 0.6 is 0 Å². The van der Waals surface area contributed by atoms with Crippen molar-refractivity contribution in [2.75, 3.05) is 16.8 Å². The van der Waals surface area contributed by atoms with Gasteiger partial charge in [-0.25, -0.2) is 0 Å². The summed E-state index contributed by atoms with van der Waals surface area (Å²) in [6.07, 6.45) is 0.545. The van der Waals surface area contributed by atoms with Crippen molar-refractivity contribution in [3.8, 4) is 0 Å². The van der Waals surface area contributed by atoms with Crippen molar-refractivity contribution in [1.82, 2.24) is 0 Å². The van der Waals surface area contributed by atoms with E-state index in [0.717, 1.165) is 28.1 Å². The Hall–Kier alpha value is -2.62. The largest absolute Gasteiger partial charge is 0.325 e. The van der Waals surface area contributed by atoms with E-state index in [4.69, 9.17) is 0 Å². The lowest BCUT2D eigenvalue weighted by Crippen LogP contribution is -2.33. The van der Waals surface area contributed by atoms with Crippen molar-refractivity contribution in [1.29, 1.82) is 0 Å². The summed E-state index contributed by atoms with van der Waals surface area (Å²) < 4.78 is 0. The second kappa shape index (κ2) is 6.71. The van der Waals surface area contributed by atoms with Gasteiger partial charge in [0.1, 0.15) is 5.92 Å². The number of anilines is 2. The molecule has 0 radical (unpaired) electrons. The quantitative estimate of drug-likeness (QED) is 0.864. The van der Waals surface area contributed by atoms with Crippen LogP contribution in [0.3, 0.4) is 0 Å². The summed E-state index contributed by atoms with van der Waals surface area (Å²) in [4.78, 5) is 27.2. The number of carbonyl (C=O) groups excluding carboxylic acids is 2. The van der Waals surface area contributed by atoms with Crippen molar-refractivity contribution in [2.45, 2.75) is 34.1 Å². The van der Waals surface area contributed by atoms with E-state index in [1.807, 2.05) is 64.1 Å². The average Bonchev–Trinajstić information content (AvgIpc) is 2.93. The standard InChI is InChI=1S/C21H24N2O2/c1-13-8-9-17(12-16(13)4)22-20(24)18-10-11-23(21(18)25)19-14(2)6-5-7-15(19)3/h5-9,12,18H,10-11H2,1-4H3,(H,22,24). The summed E-state index contributed by atoms with van der Waals surface area (Å²) in [6.45, 7) is 8.62. The van der Waals surface area contributed by atoms with Gasteiger partial charge >= 0.3 is 0 Å². The molecule has 130 valence electrons. The van der Waals surface area contributed by atoms with Crippen LogP contribution in [-0.4, -0.2) is 18.4 Å². The molecule has 2 amide bonds. The molecule has 1 aliphatic rings. The summed E-state index contributed by atoms with van der Waals surface area (Å²) >= 11 is 0. The zero-order valence-corrected chi connectivity index (χ0v) is 15.2. The molecule has 1 heterocycles. The number of hydrogen-bond acceptors (Lipinski definition) is 2. The summed E-state index contributed by atoms with van der Waals surface area (Å²) in [5.74, 6) is -0.957. The Labute approximate surface area is 148 Å². The zero-order valence-electron chi connectivity index (χ0n) is 15.2. The predicted octanol–water partition coefficient (Wildman–Crippen LogP) is 3.91. The van der Waals surface area contributed by atoms with E-state index in [1.54, 1.807) is 4.90 Å². The topological polar surface area (TPSA) is 49.4 Å². The molecule has 0 bridgehead atoms. The van der Waals surface area contributed by atoms with Crippen LogP contribution in [0.25, 0.3) is 0 Å². The smallest absolute Gasteiger partial charge is 0.239 e. The number of aryl methyl sites for hydroxylation is 4. The second-order valence-corrected chi connectivity index (χ2v) is 6.86. The number of hydrogen-bond donors (Lipinski definition) is 1. The first-order valence-corrected chi connectivity index (χ1v) is 8.64. The van der Waals surface area contributed by atoms with Gasteiger partial charge in [0, 0.05) is 17.9 Å². The fourth-order valence-electron chi connectivity index (χ4n) is 3.43. The van der Waals surface area contributed by atoms with E-state index in [-0.39, 0.29) is 11.8 Å². The molecular formula is C21H24N2O2. The molecule has 1 N–H and O–H groups in total. The van der Waals surface area contributed by atoms with Crippen molar-refractivity contribution in [2.24, 2.45) is 5.92 Å². The maximum atomic E-state index is 12.8. The van der Waals surface area contributed by atoms with Crippen LogP contribution in [-0.2, 0) is 9.59 Å². The molecule has 2 aromatic carbocycles. The van der Waals surface area contributed by atoms with Crippen molar-refractivity contribution in [3.63, 3.8) is 0 Å². The lowest BCUT2D eigenvalue weighted by atomic mass is 10.1. The Kier molecular flexibility index (Phi) is 4.62. The molecule has 0 spiro atoms. The van der Waals surface area contributed by atoms with E-state index >= 15 is 0 Å². The highest BCUT2D eigenvalue weighted by Gasteiger charge is 2.38. The fraction of sp³-hybridized carbons (Fsp3) is 0.333. The van der Waals surface area contributed by atoms with Crippen molar-refractivity contribution >= 4 is 23.2 Å². The zero-order chi connectivity index (χ0) is 18.1. The minimum Gasteiger partial charge on any atom is -0.325 e. The number of rotatable bonds is 3. The Morgan fingerprint density at radius 1 is 1.00 bits per heavy atom. The molecule has 1 atom stereocenters. The van der Waals surface area contributed by atoms with Gasteiger partial charge < -0.3 is 10.2 Å². The molecule has 1 saturated heterocycles. The van der Waals surface area contributed by atoms with E-state index in [2.05, 4.69) is 5.32 Å². The lowest BCUT2D eigenvalue weighted by molar-refractivity contribution is -0.129. The number of para-hydroxylation sites is 1. The van der Waals surface area contributed by atoms with Crippen LogP contribution < -0.4 is 10.2 Å². The van der Waals surface area contributed by atoms with Gasteiger partial charge in [0.25, 0.3) is 0 Å². The maximum Gasteiger partial charge on any atom is 0.239 e. The molecule has 0 aliphatic carbocycles. The Bertz CT molecular complexity index is 822. The predicted molar refractivity (Wildman–Crippen MR) is 101 cm³/mol. The van der Waals surface area contributed by atoms with Gasteiger partial charge in [0.2, 0.25) is 11.8 Å². The van der Waals surface area contributed by atoms with Crippen LogP contribution in [0.2, 0.25) is 0 Å². The first-order chi connectivity index (χ1) is 11.9. The van der Waals surface area contributed by atoms with Crippen LogP contribution in [0, 0.1) is 33.6 Å². The van der Waals surface area contributed by atoms with E-state index in [0.29, 0.717) is 13.0 Å². The molecule has 4 heteroatoms. The second-order valence-electron chi connectivity index (χ2n) is 6.86. The van der Waals surface area contributed by atoms with Crippen LogP contribution in [0.4, 0.5) is 11.4 Å². The first-order valence-electron chi connectivity index (χ1n) is 8.64. The van der Waals surface area contributed by atoms with Crippen LogP contribution in [0.1, 0.15) is 28.7 Å². The Balaban J connectivity index is 1.77. The molecule has 0 aromatic heterocycles. The maximum absolute atomic E-state index is 12.8. The molecule has 3 rings (SSSR count). The minimum absolute atomic E-state index is 0.112. The van der Waals surface area contributed by atoms with Gasteiger partial charge in [-0.15, -0.1) is 0 Å². The van der Waals surface area contributed by atoms with Crippen LogP contribution in [0.5, 0.6) is 0 Å². The number of carbonyl (C=O) groups is 2. The third-order valence-corrected chi connectivity index (χ3v) is 5.01. The third-order valence-electron chi connectivity index (χ3n) is 5.01. The van der Waals surface area contributed by atoms with Crippen molar-refractivity contribution in [3.05, 3.63) is 58.7 Å². The molecular weight excluding hydrogens is 312 g/mol. The highest BCUT2D eigenvalue weighted by molar-refractivity contribution is 6.13. The first kappa shape index (κ1) is 17.2. The Morgan fingerprint density at radius 2 is 1.68 bits per heavy atom. The minimum atomic E-state index is -0.624. The van der Waals surface area contributed by atoms with E-state index in [1.165, 1.54) is 5.56 Å². The summed E-state index contributed by atoms with van der Waals surface area (Å²) in [6, 6.07) is 11.8. The fourth-order valence-corrected chi connectivity index (χ4v) is 3.43. The number of nitrogens with one attached hydrogen (secondary N) is 1. The Morgan fingerprint density at radius 3 is 2.32 bits per heavy atom. The molecule has 1 aliphatic heterocycles. The normalized spacial score (nSPS) is 17.0. The van der Waals surface area contributed by atoms with Gasteiger partial charge in [-0.2, -0.15) is 0 Å². The van der Waals surface area contributed by atoms with Crippen LogP contribution in [0.15, 0.2) is 36.4 Å². The highest BCUT2D eigenvalue weighted by Crippen LogP contribution is 2.31.